The van der Waals surface area contributed by atoms with Crippen LogP contribution in [0.2, 0.25) is 0 Å². The molecule has 4 N–H and O–H groups in total. The van der Waals surface area contributed by atoms with Gasteiger partial charge in [-0.3, -0.25) is 5.01 Å². The highest BCUT2D eigenvalue weighted by Gasteiger charge is 2.33. The third-order valence-corrected chi connectivity index (χ3v) is 7.17. The molecule has 2 heterocycles. The van der Waals surface area contributed by atoms with Gasteiger partial charge in [0.05, 0.1) is 6.04 Å². The predicted molar refractivity (Wildman–Crippen MR) is 127 cm³/mol. The van der Waals surface area contributed by atoms with Crippen molar-refractivity contribution in [3.63, 3.8) is 0 Å². The molecule has 0 aromatic heterocycles. The Morgan fingerprint density at radius 2 is 1.69 bits per heavy atom. The highest BCUT2D eigenvalue weighted by Crippen LogP contribution is 2.43. The van der Waals surface area contributed by atoms with Crippen molar-refractivity contribution >= 4 is 17.7 Å². The summed E-state index contributed by atoms with van der Waals surface area (Å²) in [6.07, 6.45) is 0.936. The number of hydrazine groups is 1. The molecular formula is C26H19F3N2O4S. The number of aliphatic hydroxyl groups is 2. The van der Waals surface area contributed by atoms with Crippen LogP contribution < -0.4 is 5.43 Å². The third kappa shape index (κ3) is 4.23. The van der Waals surface area contributed by atoms with Gasteiger partial charge in [-0.1, -0.05) is 30.3 Å². The highest BCUT2D eigenvalue weighted by atomic mass is 32.2. The highest BCUT2D eigenvalue weighted by molar-refractivity contribution is 7.98. The number of aliphatic hydroxyl groups excluding tert-OH is 2. The van der Waals surface area contributed by atoms with Crippen molar-refractivity contribution < 1.29 is 33.3 Å². The first-order chi connectivity index (χ1) is 17.2. The Balaban J connectivity index is 1.63. The zero-order chi connectivity index (χ0) is 25.6. The van der Waals surface area contributed by atoms with Gasteiger partial charge in [0, 0.05) is 22.4 Å². The normalized spacial score (nSPS) is 19.1. The summed E-state index contributed by atoms with van der Waals surface area (Å²) >= 11 is 1.29. The summed E-state index contributed by atoms with van der Waals surface area (Å²) in [7, 11) is 0. The molecule has 2 unspecified atom stereocenters. The van der Waals surface area contributed by atoms with E-state index in [2.05, 4.69) is 5.43 Å². The fourth-order valence-electron chi connectivity index (χ4n) is 4.26. The maximum atomic E-state index is 14.9. The van der Waals surface area contributed by atoms with Crippen molar-refractivity contribution in [3.8, 4) is 11.1 Å². The van der Waals surface area contributed by atoms with Crippen LogP contribution in [0.15, 0.2) is 83.2 Å². The number of rotatable bonds is 4. The van der Waals surface area contributed by atoms with Crippen molar-refractivity contribution in [2.24, 2.45) is 0 Å². The van der Waals surface area contributed by atoms with Gasteiger partial charge >= 0.3 is 5.97 Å². The molecule has 0 saturated heterocycles. The number of halogens is 3. The molecule has 0 saturated carbocycles. The minimum Gasteiger partial charge on any atom is -0.507 e. The lowest BCUT2D eigenvalue weighted by atomic mass is 9.93. The van der Waals surface area contributed by atoms with E-state index in [4.69, 9.17) is 0 Å². The first kappa shape index (κ1) is 24.0. The molecule has 2 atom stereocenters. The third-order valence-electron chi connectivity index (χ3n) is 6.07. The van der Waals surface area contributed by atoms with E-state index in [1.54, 1.807) is 24.3 Å². The van der Waals surface area contributed by atoms with E-state index < -0.39 is 41.2 Å². The van der Waals surface area contributed by atoms with Crippen molar-refractivity contribution in [1.29, 1.82) is 0 Å². The number of thioether (sulfide) groups is 1. The molecule has 2 aliphatic heterocycles. The van der Waals surface area contributed by atoms with E-state index in [1.165, 1.54) is 42.2 Å². The zero-order valence-electron chi connectivity index (χ0n) is 18.5. The Morgan fingerprint density at radius 1 is 1.00 bits per heavy atom. The minimum atomic E-state index is -1.50. The zero-order valence-corrected chi connectivity index (χ0v) is 19.3. The fourth-order valence-corrected chi connectivity index (χ4v) is 5.41. The molecule has 2 aliphatic rings. The number of carboxylic acid groups (broad SMARTS) is 1. The van der Waals surface area contributed by atoms with Crippen molar-refractivity contribution in [1.82, 2.24) is 10.4 Å². The largest absolute Gasteiger partial charge is 0.507 e. The first-order valence-corrected chi connectivity index (χ1v) is 11.8. The van der Waals surface area contributed by atoms with Crippen LogP contribution in [-0.4, -0.2) is 32.4 Å². The molecule has 5 rings (SSSR count). The molecule has 0 fully saturated rings. The van der Waals surface area contributed by atoms with Gasteiger partial charge in [-0.15, -0.1) is 11.8 Å². The number of fused-ring (bicyclic) bond motifs is 2. The van der Waals surface area contributed by atoms with Crippen LogP contribution in [0.4, 0.5) is 13.2 Å². The molecular weight excluding hydrogens is 493 g/mol. The summed E-state index contributed by atoms with van der Waals surface area (Å²) in [5.74, 6) is -4.53. The number of aliphatic carboxylic acids is 1. The average molecular weight is 513 g/mol. The Hall–Kier alpha value is -3.73. The van der Waals surface area contributed by atoms with E-state index in [0.29, 0.717) is 11.1 Å². The topological polar surface area (TPSA) is 93.0 Å². The number of nitrogens with one attached hydrogen (secondary N) is 1. The van der Waals surface area contributed by atoms with Crippen molar-refractivity contribution in [3.05, 3.63) is 112 Å². The molecule has 184 valence electrons. The Bertz CT molecular complexity index is 1430. The van der Waals surface area contributed by atoms with Crippen LogP contribution in [0, 0.1) is 17.5 Å². The maximum Gasteiger partial charge on any atom is 0.357 e. The number of nitrogens with zero attached hydrogens (tertiary/aromatic N) is 1. The van der Waals surface area contributed by atoms with E-state index in [0.717, 1.165) is 27.1 Å². The number of carbonyl (C=O) groups is 1. The lowest BCUT2D eigenvalue weighted by molar-refractivity contribution is -0.135. The van der Waals surface area contributed by atoms with Crippen LogP contribution >= 0.6 is 11.8 Å². The average Bonchev–Trinajstić information content (AvgIpc) is 3.01. The van der Waals surface area contributed by atoms with E-state index in [-0.39, 0.29) is 17.1 Å². The number of carboxylic acids is 1. The molecule has 0 amide bonds. The molecule has 0 aliphatic carbocycles. The molecule has 3 aromatic carbocycles. The van der Waals surface area contributed by atoms with E-state index in [1.807, 2.05) is 6.07 Å². The van der Waals surface area contributed by atoms with Crippen LogP contribution in [0.3, 0.4) is 0 Å². The summed E-state index contributed by atoms with van der Waals surface area (Å²) in [6, 6.07) is 13.0. The SMILES string of the molecule is O=C(O)C1=C(O)C(O)C=CN1NC1c2ccc(-c3ccc(F)cc3)cc2SCc2c1ccc(F)c2F. The molecule has 36 heavy (non-hydrogen) atoms. The van der Waals surface area contributed by atoms with Crippen molar-refractivity contribution in [2.75, 3.05) is 0 Å². The number of benzene rings is 3. The smallest absolute Gasteiger partial charge is 0.357 e. The quantitative estimate of drug-likeness (QED) is 0.390. The van der Waals surface area contributed by atoms with Gasteiger partial charge < -0.3 is 15.3 Å². The van der Waals surface area contributed by atoms with Crippen LogP contribution in [-0.2, 0) is 10.5 Å². The second-order valence-corrected chi connectivity index (χ2v) is 9.25. The maximum absolute atomic E-state index is 14.9. The standard InChI is InChI=1S/C26H19F3N2O4S/c27-15-4-1-13(2-5-15)14-3-6-17-21(11-14)36-12-18-16(7-8-19(28)22(18)29)23(17)30-31-10-9-20(32)25(33)24(31)26(34)35/h1-11,20,23,30,32-33H,12H2,(H,34,35). The predicted octanol–water partition coefficient (Wildman–Crippen LogP) is 5.02. The summed E-state index contributed by atoms with van der Waals surface area (Å²) in [5.41, 5.74) is 5.08. The van der Waals surface area contributed by atoms with Crippen molar-refractivity contribution in [2.45, 2.75) is 22.8 Å². The minimum absolute atomic E-state index is 0.110. The molecule has 0 radical (unpaired) electrons. The molecule has 6 nitrogen and oxygen atoms in total. The van der Waals surface area contributed by atoms with Gasteiger partial charge in [-0.25, -0.2) is 23.4 Å². The van der Waals surface area contributed by atoms with E-state index in [9.17, 15) is 33.3 Å². The molecule has 0 spiro atoms. The summed E-state index contributed by atoms with van der Waals surface area (Å²) < 4.78 is 42.4. The van der Waals surface area contributed by atoms with Gasteiger partial charge in [-0.05, 0) is 52.6 Å². The second-order valence-electron chi connectivity index (χ2n) is 8.23. The molecule has 3 aromatic rings. The molecule has 10 heteroatoms. The van der Waals surface area contributed by atoms with Gasteiger partial charge in [0.25, 0.3) is 0 Å². The number of hydrogen-bond donors (Lipinski definition) is 4. The lowest BCUT2D eigenvalue weighted by Crippen LogP contribution is -2.42. The lowest BCUT2D eigenvalue weighted by Gasteiger charge is -2.32. The van der Waals surface area contributed by atoms with Gasteiger partial charge in [0.1, 0.15) is 11.9 Å². The van der Waals surface area contributed by atoms with Gasteiger partial charge in [-0.2, -0.15) is 0 Å². The van der Waals surface area contributed by atoms with E-state index >= 15 is 0 Å². The van der Waals surface area contributed by atoms with Crippen LogP contribution in [0.1, 0.15) is 22.7 Å². The fraction of sp³-hybridized carbons (Fsp3) is 0.115. The Labute approximate surface area is 208 Å². The number of hydrogen-bond acceptors (Lipinski definition) is 6. The Morgan fingerprint density at radius 3 is 2.42 bits per heavy atom. The van der Waals surface area contributed by atoms with Crippen LogP contribution in [0.25, 0.3) is 11.1 Å². The van der Waals surface area contributed by atoms with Crippen LogP contribution in [0.5, 0.6) is 0 Å². The van der Waals surface area contributed by atoms with Gasteiger partial charge in [0.15, 0.2) is 23.1 Å². The van der Waals surface area contributed by atoms with Gasteiger partial charge in [0.2, 0.25) is 0 Å². The first-order valence-electron chi connectivity index (χ1n) is 10.8. The summed E-state index contributed by atoms with van der Waals surface area (Å²) in [5, 5.41) is 30.8. The summed E-state index contributed by atoms with van der Waals surface area (Å²) in [6.45, 7) is 0. The monoisotopic (exact) mass is 512 g/mol. The molecule has 0 bridgehead atoms. The summed E-state index contributed by atoms with van der Waals surface area (Å²) in [4.78, 5) is 12.6. The second kappa shape index (κ2) is 9.38. The Kier molecular flexibility index (Phi) is 6.25.